The van der Waals surface area contributed by atoms with Crippen molar-refractivity contribution < 1.29 is 8.42 Å². The van der Waals surface area contributed by atoms with Gasteiger partial charge in [-0.05, 0) is 47.7 Å². The largest absolute Gasteiger partial charge is 0.241 e. The van der Waals surface area contributed by atoms with E-state index in [9.17, 15) is 8.42 Å². The molecule has 23 heavy (non-hydrogen) atoms. The summed E-state index contributed by atoms with van der Waals surface area (Å²) in [6.45, 7) is 8.31. The lowest BCUT2D eigenvalue weighted by Gasteiger charge is -2.20. The van der Waals surface area contributed by atoms with Crippen LogP contribution in [-0.4, -0.2) is 8.42 Å². The summed E-state index contributed by atoms with van der Waals surface area (Å²) in [6, 6.07) is 14.4. The van der Waals surface area contributed by atoms with E-state index in [1.807, 2.05) is 19.1 Å². The minimum absolute atomic E-state index is 0.0820. The molecule has 0 aliphatic heterocycles. The Kier molecular flexibility index (Phi) is 5.33. The molecule has 1 unspecified atom stereocenters. The number of sulfonamides is 1. The first-order valence-electron chi connectivity index (χ1n) is 7.48. The van der Waals surface area contributed by atoms with Gasteiger partial charge in [0.2, 0.25) is 10.0 Å². The first-order chi connectivity index (χ1) is 10.6. The van der Waals surface area contributed by atoms with Gasteiger partial charge >= 0.3 is 0 Å². The van der Waals surface area contributed by atoms with Crippen LogP contribution in [0.5, 0.6) is 0 Å². The van der Waals surface area contributed by atoms with E-state index in [0.717, 1.165) is 10.0 Å². The average Bonchev–Trinajstić information content (AvgIpc) is 2.46. The second-order valence-corrected chi connectivity index (χ2v) is 9.30. The third kappa shape index (κ3) is 4.66. The molecular formula is C18H22BrNO2S. The minimum Gasteiger partial charge on any atom is -0.207 e. The fourth-order valence-electron chi connectivity index (χ4n) is 2.25. The number of halogens is 1. The van der Waals surface area contributed by atoms with Gasteiger partial charge in [0.15, 0.2) is 0 Å². The Labute approximate surface area is 147 Å². The van der Waals surface area contributed by atoms with E-state index in [4.69, 9.17) is 0 Å². The van der Waals surface area contributed by atoms with Gasteiger partial charge in [0.05, 0.1) is 4.90 Å². The summed E-state index contributed by atoms with van der Waals surface area (Å²) in [6.07, 6.45) is 0. The van der Waals surface area contributed by atoms with E-state index in [2.05, 4.69) is 53.6 Å². The van der Waals surface area contributed by atoms with Gasteiger partial charge in [-0.15, -0.1) is 0 Å². The van der Waals surface area contributed by atoms with E-state index in [0.29, 0.717) is 0 Å². The molecule has 0 spiro atoms. The summed E-state index contributed by atoms with van der Waals surface area (Å²) in [7, 11) is -3.53. The highest BCUT2D eigenvalue weighted by atomic mass is 79.9. The van der Waals surface area contributed by atoms with Gasteiger partial charge in [0, 0.05) is 10.5 Å². The van der Waals surface area contributed by atoms with Gasteiger partial charge < -0.3 is 0 Å². The number of rotatable bonds is 4. The topological polar surface area (TPSA) is 46.2 Å². The lowest BCUT2D eigenvalue weighted by molar-refractivity contribution is 0.566. The van der Waals surface area contributed by atoms with E-state index >= 15 is 0 Å². The predicted octanol–water partition coefficient (Wildman–Crippen LogP) is 4.79. The fraction of sp³-hybridized carbons (Fsp3) is 0.333. The van der Waals surface area contributed by atoms with Crippen molar-refractivity contribution >= 4 is 26.0 Å². The number of nitrogens with one attached hydrogen (secondary N) is 1. The van der Waals surface area contributed by atoms with Crippen LogP contribution in [0.2, 0.25) is 0 Å². The second-order valence-electron chi connectivity index (χ2n) is 6.67. The second kappa shape index (κ2) is 6.75. The standard InChI is InChI=1S/C18H22BrNO2S/c1-13(14-5-7-15(8-6-14)18(2,3)4)20-23(21,22)17-11-9-16(19)10-12-17/h5-13,20H,1-4H3. The molecule has 0 aliphatic carbocycles. The summed E-state index contributed by atoms with van der Waals surface area (Å²) in [4.78, 5) is 0.263. The van der Waals surface area contributed by atoms with Crippen LogP contribution in [0.15, 0.2) is 57.9 Å². The van der Waals surface area contributed by atoms with Gasteiger partial charge in [0.25, 0.3) is 0 Å². The SMILES string of the molecule is CC(NS(=O)(=O)c1ccc(Br)cc1)c1ccc(C(C)(C)C)cc1. The molecule has 0 saturated carbocycles. The van der Waals surface area contributed by atoms with Gasteiger partial charge in [0.1, 0.15) is 0 Å². The first-order valence-corrected chi connectivity index (χ1v) is 9.75. The summed E-state index contributed by atoms with van der Waals surface area (Å²) in [5.41, 5.74) is 2.25. The van der Waals surface area contributed by atoms with Gasteiger partial charge in [-0.2, -0.15) is 0 Å². The molecule has 0 amide bonds. The van der Waals surface area contributed by atoms with Crippen LogP contribution in [0, 0.1) is 0 Å². The molecule has 1 atom stereocenters. The van der Waals surface area contributed by atoms with Crippen molar-refractivity contribution in [3.63, 3.8) is 0 Å². The molecule has 2 aromatic carbocycles. The Bertz CT molecular complexity index is 760. The zero-order valence-corrected chi connectivity index (χ0v) is 16.2. The lowest BCUT2D eigenvalue weighted by Crippen LogP contribution is -2.27. The van der Waals surface area contributed by atoms with Crippen LogP contribution in [0.25, 0.3) is 0 Å². The normalized spacial score (nSPS) is 13.8. The molecular weight excluding hydrogens is 374 g/mol. The van der Waals surface area contributed by atoms with E-state index in [-0.39, 0.29) is 16.4 Å². The summed E-state index contributed by atoms with van der Waals surface area (Å²) >= 11 is 3.31. The molecule has 0 fully saturated rings. The maximum absolute atomic E-state index is 12.4. The zero-order chi connectivity index (χ0) is 17.3. The fourth-order valence-corrected chi connectivity index (χ4v) is 3.75. The zero-order valence-electron chi connectivity index (χ0n) is 13.8. The first kappa shape index (κ1) is 18.2. The maximum Gasteiger partial charge on any atom is 0.241 e. The summed E-state index contributed by atoms with van der Waals surface area (Å²) < 4.78 is 28.4. The van der Waals surface area contributed by atoms with Gasteiger partial charge in [-0.25, -0.2) is 13.1 Å². The molecule has 0 aromatic heterocycles. The highest BCUT2D eigenvalue weighted by molar-refractivity contribution is 9.10. The molecule has 0 radical (unpaired) electrons. The molecule has 2 rings (SSSR count). The van der Waals surface area contributed by atoms with Crippen LogP contribution < -0.4 is 4.72 Å². The van der Waals surface area contributed by atoms with Crippen LogP contribution >= 0.6 is 15.9 Å². The monoisotopic (exact) mass is 395 g/mol. The maximum atomic E-state index is 12.4. The summed E-state index contributed by atoms with van der Waals surface area (Å²) in [5, 5.41) is 0. The Balaban J connectivity index is 2.18. The highest BCUT2D eigenvalue weighted by Crippen LogP contribution is 2.24. The van der Waals surface area contributed by atoms with E-state index < -0.39 is 10.0 Å². The molecule has 1 N–H and O–H groups in total. The number of benzene rings is 2. The Morgan fingerprint density at radius 1 is 0.957 bits per heavy atom. The number of hydrogen-bond acceptors (Lipinski definition) is 2. The minimum atomic E-state index is -3.53. The molecule has 3 nitrogen and oxygen atoms in total. The van der Waals surface area contributed by atoms with Crippen LogP contribution in [0.3, 0.4) is 0 Å². The average molecular weight is 396 g/mol. The van der Waals surface area contributed by atoms with Crippen LogP contribution in [0.1, 0.15) is 44.9 Å². The number of hydrogen-bond donors (Lipinski definition) is 1. The molecule has 2 aromatic rings. The third-order valence-corrected chi connectivity index (χ3v) is 5.82. The summed E-state index contributed by atoms with van der Waals surface area (Å²) in [5.74, 6) is 0. The molecule has 0 heterocycles. The molecule has 0 bridgehead atoms. The van der Waals surface area contributed by atoms with Crippen molar-refractivity contribution in [3.8, 4) is 0 Å². The van der Waals surface area contributed by atoms with Crippen LogP contribution in [0.4, 0.5) is 0 Å². The Hall–Kier alpha value is -1.17. The molecule has 124 valence electrons. The van der Waals surface area contributed by atoms with Crippen molar-refractivity contribution in [1.29, 1.82) is 0 Å². The van der Waals surface area contributed by atoms with E-state index in [1.165, 1.54) is 5.56 Å². The van der Waals surface area contributed by atoms with E-state index in [1.54, 1.807) is 24.3 Å². The third-order valence-electron chi connectivity index (χ3n) is 3.73. The highest BCUT2D eigenvalue weighted by Gasteiger charge is 2.19. The Morgan fingerprint density at radius 3 is 1.96 bits per heavy atom. The molecule has 5 heteroatoms. The molecule has 0 saturated heterocycles. The lowest BCUT2D eigenvalue weighted by atomic mass is 9.86. The van der Waals surface area contributed by atoms with Crippen molar-refractivity contribution in [2.24, 2.45) is 0 Å². The Morgan fingerprint density at radius 2 is 1.48 bits per heavy atom. The van der Waals surface area contributed by atoms with Gasteiger partial charge in [-0.3, -0.25) is 0 Å². The quantitative estimate of drug-likeness (QED) is 0.808. The van der Waals surface area contributed by atoms with Crippen molar-refractivity contribution in [1.82, 2.24) is 4.72 Å². The van der Waals surface area contributed by atoms with Crippen molar-refractivity contribution in [2.75, 3.05) is 0 Å². The van der Waals surface area contributed by atoms with Crippen molar-refractivity contribution in [3.05, 3.63) is 64.1 Å². The predicted molar refractivity (Wildman–Crippen MR) is 98.0 cm³/mol. The van der Waals surface area contributed by atoms with Crippen LogP contribution in [-0.2, 0) is 15.4 Å². The van der Waals surface area contributed by atoms with Crippen molar-refractivity contribution in [2.45, 2.75) is 44.0 Å². The van der Waals surface area contributed by atoms with Gasteiger partial charge in [-0.1, -0.05) is 61.0 Å². The smallest absolute Gasteiger partial charge is 0.207 e. The molecule has 0 aliphatic rings.